The fourth-order valence-corrected chi connectivity index (χ4v) is 10.7. The van der Waals surface area contributed by atoms with Gasteiger partial charge in [0.05, 0.1) is 11.4 Å². The molecule has 296 valence electrons. The Morgan fingerprint density at radius 1 is 0.344 bits per heavy atom. The summed E-state index contributed by atoms with van der Waals surface area (Å²) >= 11 is 0. The molecule has 0 bridgehead atoms. The largest absolute Gasteiger partial charge is 0.310 e. The monoisotopic (exact) mass is 786 g/mol. The first-order valence-electron chi connectivity index (χ1n) is 21.7. The average molecular weight is 787 g/mol. The Morgan fingerprint density at radius 3 is 1.39 bits per heavy atom. The molecule has 0 aromatic heterocycles. The van der Waals surface area contributed by atoms with Crippen LogP contribution in [0.15, 0.2) is 182 Å². The van der Waals surface area contributed by atoms with Crippen molar-refractivity contribution in [1.29, 1.82) is 0 Å². The Bertz CT molecular complexity index is 3000. The van der Waals surface area contributed by atoms with E-state index >= 15 is 0 Å². The molecule has 0 saturated heterocycles. The summed E-state index contributed by atoms with van der Waals surface area (Å²) in [5.41, 5.74) is 22.7. The first-order valence-corrected chi connectivity index (χ1v) is 21.7. The quantitative estimate of drug-likeness (QED) is 0.155. The molecule has 0 radical (unpaired) electrons. The van der Waals surface area contributed by atoms with E-state index in [0.717, 1.165) is 11.4 Å². The van der Waals surface area contributed by atoms with Crippen molar-refractivity contribution in [3.8, 4) is 22.3 Å². The van der Waals surface area contributed by atoms with E-state index in [4.69, 9.17) is 0 Å². The fourth-order valence-electron chi connectivity index (χ4n) is 10.7. The van der Waals surface area contributed by atoms with Crippen LogP contribution in [0.3, 0.4) is 0 Å². The maximum absolute atomic E-state index is 2.51. The molecular formula is C59H50N2. The number of para-hydroxylation sites is 4. The molecule has 0 unspecified atom stereocenters. The van der Waals surface area contributed by atoms with Gasteiger partial charge in [0.2, 0.25) is 0 Å². The molecule has 0 atom stereocenters. The number of anilines is 6. The fraction of sp³-hybridized carbons (Fsp3) is 0.153. The van der Waals surface area contributed by atoms with Crippen molar-refractivity contribution in [3.05, 3.63) is 226 Å². The molecule has 0 N–H and O–H groups in total. The predicted octanol–water partition coefficient (Wildman–Crippen LogP) is 16.0. The maximum atomic E-state index is 2.51. The summed E-state index contributed by atoms with van der Waals surface area (Å²) in [5, 5.41) is 0. The highest BCUT2D eigenvalue weighted by Gasteiger charge is 2.42. The van der Waals surface area contributed by atoms with E-state index in [1.54, 1.807) is 0 Å². The van der Waals surface area contributed by atoms with Crippen molar-refractivity contribution in [3.63, 3.8) is 0 Å². The van der Waals surface area contributed by atoms with Gasteiger partial charge in [0.15, 0.2) is 0 Å². The number of nitrogens with zero attached hydrogens (tertiary/aromatic N) is 2. The van der Waals surface area contributed by atoms with Gasteiger partial charge in [-0.1, -0.05) is 169 Å². The van der Waals surface area contributed by atoms with Gasteiger partial charge in [-0.05, 0) is 133 Å². The second-order valence-electron chi connectivity index (χ2n) is 18.7. The Morgan fingerprint density at radius 2 is 0.803 bits per heavy atom. The number of fused-ring (bicyclic) bond motifs is 8. The summed E-state index contributed by atoms with van der Waals surface area (Å²) in [6.45, 7) is 14.3. The minimum Gasteiger partial charge on any atom is -0.310 e. The molecule has 1 heterocycles. The second kappa shape index (κ2) is 13.6. The molecule has 61 heavy (non-hydrogen) atoms. The van der Waals surface area contributed by atoms with E-state index in [1.165, 1.54) is 89.5 Å². The molecule has 11 rings (SSSR count). The van der Waals surface area contributed by atoms with Crippen LogP contribution in [-0.4, -0.2) is 0 Å². The topological polar surface area (TPSA) is 6.48 Å². The van der Waals surface area contributed by atoms with Gasteiger partial charge >= 0.3 is 0 Å². The molecular weight excluding hydrogens is 737 g/mol. The Balaban J connectivity index is 0.922. The van der Waals surface area contributed by atoms with Crippen LogP contribution in [0, 0.1) is 0 Å². The zero-order chi connectivity index (χ0) is 41.7. The third-order valence-electron chi connectivity index (χ3n) is 14.0. The van der Waals surface area contributed by atoms with E-state index in [0.29, 0.717) is 0 Å². The first-order chi connectivity index (χ1) is 29.5. The van der Waals surface area contributed by atoms with Gasteiger partial charge in [-0.15, -0.1) is 0 Å². The van der Waals surface area contributed by atoms with Gasteiger partial charge in [0.25, 0.3) is 0 Å². The van der Waals surface area contributed by atoms with Crippen LogP contribution < -0.4 is 9.80 Å². The molecule has 2 heteroatoms. The zero-order valence-corrected chi connectivity index (χ0v) is 35.9. The van der Waals surface area contributed by atoms with E-state index in [1.807, 2.05) is 0 Å². The highest BCUT2D eigenvalue weighted by Crippen LogP contribution is 2.58. The van der Waals surface area contributed by atoms with E-state index in [-0.39, 0.29) is 16.2 Å². The summed E-state index contributed by atoms with van der Waals surface area (Å²) in [5.74, 6) is 0. The Kier molecular flexibility index (Phi) is 8.25. The minimum absolute atomic E-state index is 0.152. The van der Waals surface area contributed by atoms with Crippen LogP contribution in [0.2, 0.25) is 0 Å². The summed E-state index contributed by atoms with van der Waals surface area (Å²) in [6, 6.07) is 67.3. The molecule has 8 aromatic rings. The van der Waals surface area contributed by atoms with Crippen LogP contribution in [0.25, 0.3) is 34.4 Å². The van der Waals surface area contributed by atoms with Crippen molar-refractivity contribution in [1.82, 2.24) is 0 Å². The molecule has 8 aromatic carbocycles. The molecule has 0 spiro atoms. The summed E-state index contributed by atoms with van der Waals surface area (Å²) in [6.07, 6.45) is 4.60. The van der Waals surface area contributed by atoms with Gasteiger partial charge in [0, 0.05) is 39.0 Å². The van der Waals surface area contributed by atoms with E-state index in [2.05, 4.69) is 245 Å². The molecule has 0 saturated carbocycles. The van der Waals surface area contributed by atoms with Crippen LogP contribution in [-0.2, 0) is 16.2 Å². The van der Waals surface area contributed by atoms with Gasteiger partial charge in [-0.25, -0.2) is 0 Å². The van der Waals surface area contributed by atoms with Gasteiger partial charge in [0.1, 0.15) is 0 Å². The summed E-state index contributed by atoms with van der Waals surface area (Å²) in [4.78, 5) is 4.83. The third kappa shape index (κ3) is 5.69. The summed E-state index contributed by atoms with van der Waals surface area (Å²) < 4.78 is 0. The van der Waals surface area contributed by atoms with Crippen molar-refractivity contribution >= 4 is 46.3 Å². The molecule has 2 aliphatic carbocycles. The highest BCUT2D eigenvalue weighted by atomic mass is 15.2. The van der Waals surface area contributed by atoms with Crippen molar-refractivity contribution in [2.75, 3.05) is 9.80 Å². The van der Waals surface area contributed by atoms with Crippen LogP contribution in [0.1, 0.15) is 86.1 Å². The van der Waals surface area contributed by atoms with Crippen molar-refractivity contribution in [2.24, 2.45) is 0 Å². The summed E-state index contributed by atoms with van der Waals surface area (Å²) in [7, 11) is 0. The van der Waals surface area contributed by atoms with Crippen molar-refractivity contribution in [2.45, 2.75) is 57.8 Å². The normalized spacial score (nSPS) is 15.7. The number of rotatable bonds is 6. The van der Waals surface area contributed by atoms with E-state index < -0.39 is 0 Å². The van der Waals surface area contributed by atoms with Gasteiger partial charge in [-0.2, -0.15) is 0 Å². The first kappa shape index (κ1) is 37.1. The maximum Gasteiger partial charge on any atom is 0.0506 e. The highest BCUT2D eigenvalue weighted by molar-refractivity contribution is 5.92. The lowest BCUT2D eigenvalue weighted by Crippen LogP contribution is -2.31. The standard InChI is InChI=1S/C59H50N2/c1-57(2)49-24-16-17-25-55(49)61(43-22-14-9-15-23-43)56-38-53-48(37-54(56)57)47-32-29-40(35-51(47)59(53,5)6)27-26-39-28-31-45-46-33-30-44(36-52(46)58(3,4)50(45)34-39)60(41-18-10-7-11-19-41)42-20-12-8-13-21-42/h7-38H,1-6H3/b27-26+. The number of hydrogen-bond acceptors (Lipinski definition) is 2. The van der Waals surface area contributed by atoms with Crippen molar-refractivity contribution < 1.29 is 0 Å². The van der Waals surface area contributed by atoms with Crippen LogP contribution >= 0.6 is 0 Å². The number of hydrogen-bond donors (Lipinski definition) is 0. The van der Waals surface area contributed by atoms with Gasteiger partial charge < -0.3 is 9.80 Å². The average Bonchev–Trinajstić information content (AvgIpc) is 3.64. The van der Waals surface area contributed by atoms with Crippen LogP contribution in [0.4, 0.5) is 34.1 Å². The SMILES string of the molecule is CC1(C)c2cc(/C=C/c3ccc4c(c3)C(C)(C)c3cc5c(cc3-4)C(C)(C)c3ccccc3N5c3ccccc3)ccc2-c2ccc(N(c3ccccc3)c3ccccc3)cc21. The molecule has 0 fully saturated rings. The van der Waals surface area contributed by atoms with E-state index in [9.17, 15) is 0 Å². The lowest BCUT2D eigenvalue weighted by atomic mass is 9.72. The van der Waals surface area contributed by atoms with Crippen LogP contribution in [0.5, 0.6) is 0 Å². The molecule has 3 aliphatic rings. The molecule has 2 nitrogen and oxygen atoms in total. The Labute approximate surface area is 361 Å². The lowest BCUT2D eigenvalue weighted by molar-refractivity contribution is 0.627. The number of benzene rings is 8. The van der Waals surface area contributed by atoms with Gasteiger partial charge in [-0.3, -0.25) is 0 Å². The predicted molar refractivity (Wildman–Crippen MR) is 258 cm³/mol. The molecule has 1 aliphatic heterocycles. The zero-order valence-electron chi connectivity index (χ0n) is 35.9. The smallest absolute Gasteiger partial charge is 0.0506 e. The molecule has 0 amide bonds. The second-order valence-corrected chi connectivity index (χ2v) is 18.7. The lowest BCUT2D eigenvalue weighted by Gasteiger charge is -2.42. The Hall–Kier alpha value is -6.90. The third-order valence-corrected chi connectivity index (χ3v) is 14.0. The minimum atomic E-state index is -0.161.